The first-order chi connectivity index (χ1) is 9.72. The SMILES string of the molecule is C=C[C@@H](CC(=O)Nc1nc(OC)n[nH]1)c1ccccc1. The van der Waals surface area contributed by atoms with Gasteiger partial charge in [0.1, 0.15) is 0 Å². The summed E-state index contributed by atoms with van der Waals surface area (Å²) in [5.41, 5.74) is 1.05. The molecule has 2 N–H and O–H groups in total. The molecule has 0 aliphatic carbocycles. The van der Waals surface area contributed by atoms with E-state index in [4.69, 9.17) is 4.74 Å². The van der Waals surface area contributed by atoms with Crippen molar-refractivity contribution in [2.75, 3.05) is 12.4 Å². The number of H-pyrrole nitrogens is 1. The number of ether oxygens (including phenoxy) is 1. The molecule has 20 heavy (non-hydrogen) atoms. The summed E-state index contributed by atoms with van der Waals surface area (Å²) in [6.07, 6.45) is 2.05. The summed E-state index contributed by atoms with van der Waals surface area (Å²) in [4.78, 5) is 15.9. The number of hydrogen-bond donors (Lipinski definition) is 2. The number of nitrogens with one attached hydrogen (secondary N) is 2. The van der Waals surface area contributed by atoms with E-state index in [1.54, 1.807) is 6.08 Å². The molecule has 1 heterocycles. The van der Waals surface area contributed by atoms with E-state index in [0.29, 0.717) is 0 Å². The maximum absolute atomic E-state index is 12.0. The molecule has 0 radical (unpaired) electrons. The third-order valence-electron chi connectivity index (χ3n) is 2.82. The van der Waals surface area contributed by atoms with E-state index in [2.05, 4.69) is 27.1 Å². The van der Waals surface area contributed by atoms with Crippen molar-refractivity contribution in [1.82, 2.24) is 15.2 Å². The average Bonchev–Trinajstić information content (AvgIpc) is 2.93. The standard InChI is InChI=1S/C14H16N4O2/c1-3-10(11-7-5-4-6-8-11)9-12(19)15-13-16-14(20-2)18-17-13/h3-8,10H,1,9H2,2H3,(H2,15,16,17,18,19)/t10-/m0/s1. The average molecular weight is 272 g/mol. The van der Waals surface area contributed by atoms with Gasteiger partial charge in [-0.15, -0.1) is 11.7 Å². The number of methoxy groups -OCH3 is 1. The number of benzene rings is 1. The third-order valence-corrected chi connectivity index (χ3v) is 2.82. The molecule has 6 nitrogen and oxygen atoms in total. The highest BCUT2D eigenvalue weighted by Gasteiger charge is 2.14. The van der Waals surface area contributed by atoms with Gasteiger partial charge in [-0.2, -0.15) is 4.98 Å². The highest BCUT2D eigenvalue weighted by molar-refractivity contribution is 5.89. The second-order valence-electron chi connectivity index (χ2n) is 4.18. The van der Waals surface area contributed by atoms with E-state index < -0.39 is 0 Å². The number of carbonyl (C=O) groups is 1. The Morgan fingerprint density at radius 2 is 2.25 bits per heavy atom. The summed E-state index contributed by atoms with van der Waals surface area (Å²) in [6.45, 7) is 3.78. The van der Waals surface area contributed by atoms with Crippen LogP contribution in [0.25, 0.3) is 0 Å². The molecular weight excluding hydrogens is 256 g/mol. The Bertz CT molecular complexity index is 580. The Morgan fingerprint density at radius 1 is 1.50 bits per heavy atom. The molecule has 104 valence electrons. The second kappa shape index (κ2) is 6.51. The van der Waals surface area contributed by atoms with E-state index >= 15 is 0 Å². The molecule has 0 spiro atoms. The summed E-state index contributed by atoms with van der Waals surface area (Å²) < 4.78 is 4.83. The molecule has 6 heteroatoms. The second-order valence-corrected chi connectivity index (χ2v) is 4.18. The van der Waals surface area contributed by atoms with Crippen molar-refractivity contribution < 1.29 is 9.53 Å². The predicted molar refractivity (Wildman–Crippen MR) is 75.6 cm³/mol. The number of anilines is 1. The minimum absolute atomic E-state index is 0.0407. The monoisotopic (exact) mass is 272 g/mol. The molecule has 1 atom stereocenters. The zero-order valence-corrected chi connectivity index (χ0v) is 11.2. The summed E-state index contributed by atoms with van der Waals surface area (Å²) >= 11 is 0. The Labute approximate surface area is 116 Å². The fourth-order valence-electron chi connectivity index (χ4n) is 1.81. The predicted octanol–water partition coefficient (Wildman–Crippen LogP) is 2.11. The van der Waals surface area contributed by atoms with Gasteiger partial charge in [0.25, 0.3) is 0 Å². The van der Waals surface area contributed by atoms with Crippen LogP contribution in [-0.4, -0.2) is 28.2 Å². The van der Waals surface area contributed by atoms with Crippen LogP contribution in [0.2, 0.25) is 0 Å². The number of nitrogens with zero attached hydrogens (tertiary/aromatic N) is 2. The van der Waals surface area contributed by atoms with Crippen LogP contribution in [0.5, 0.6) is 6.01 Å². The molecule has 0 aliphatic heterocycles. The summed E-state index contributed by atoms with van der Waals surface area (Å²) in [5, 5.41) is 8.96. The van der Waals surface area contributed by atoms with E-state index in [1.165, 1.54) is 7.11 Å². The summed E-state index contributed by atoms with van der Waals surface area (Å²) in [5.74, 6) is 0.0568. The van der Waals surface area contributed by atoms with Gasteiger partial charge in [0.05, 0.1) is 7.11 Å². The maximum Gasteiger partial charge on any atom is 0.336 e. The van der Waals surface area contributed by atoms with Crippen LogP contribution in [0.3, 0.4) is 0 Å². The lowest BCUT2D eigenvalue weighted by atomic mass is 9.96. The molecule has 0 saturated carbocycles. The number of carbonyl (C=O) groups excluding carboxylic acids is 1. The van der Waals surface area contributed by atoms with Crippen LogP contribution in [0.4, 0.5) is 5.95 Å². The van der Waals surface area contributed by atoms with Crippen molar-refractivity contribution >= 4 is 11.9 Å². The van der Waals surface area contributed by atoms with Crippen LogP contribution < -0.4 is 10.1 Å². The lowest BCUT2D eigenvalue weighted by Gasteiger charge is -2.11. The van der Waals surface area contributed by atoms with Crippen LogP contribution >= 0.6 is 0 Å². The van der Waals surface area contributed by atoms with Gasteiger partial charge in [-0.1, -0.05) is 36.4 Å². The van der Waals surface area contributed by atoms with Crippen molar-refractivity contribution in [2.45, 2.75) is 12.3 Å². The normalized spacial score (nSPS) is 11.7. The van der Waals surface area contributed by atoms with Crippen LogP contribution in [-0.2, 0) is 4.79 Å². The molecule has 0 saturated heterocycles. The van der Waals surface area contributed by atoms with Gasteiger partial charge in [0.15, 0.2) is 0 Å². The van der Waals surface area contributed by atoms with Gasteiger partial charge >= 0.3 is 6.01 Å². The first-order valence-corrected chi connectivity index (χ1v) is 6.16. The summed E-state index contributed by atoms with van der Waals surface area (Å²) in [6, 6.07) is 9.93. The Morgan fingerprint density at radius 3 is 2.85 bits per heavy atom. The molecule has 0 bridgehead atoms. The fourth-order valence-corrected chi connectivity index (χ4v) is 1.81. The topological polar surface area (TPSA) is 79.9 Å². The molecule has 0 aliphatic rings. The quantitative estimate of drug-likeness (QED) is 0.789. The lowest BCUT2D eigenvalue weighted by Crippen LogP contribution is -2.15. The van der Waals surface area contributed by atoms with Gasteiger partial charge < -0.3 is 4.74 Å². The highest BCUT2D eigenvalue weighted by Crippen LogP contribution is 2.21. The van der Waals surface area contributed by atoms with Gasteiger partial charge in [-0.3, -0.25) is 10.1 Å². The van der Waals surface area contributed by atoms with E-state index in [-0.39, 0.29) is 30.2 Å². The van der Waals surface area contributed by atoms with E-state index in [9.17, 15) is 4.79 Å². The molecule has 1 aromatic carbocycles. The number of rotatable bonds is 6. The smallest absolute Gasteiger partial charge is 0.336 e. The van der Waals surface area contributed by atoms with Gasteiger partial charge in [0, 0.05) is 12.3 Å². The van der Waals surface area contributed by atoms with Crippen LogP contribution in [0, 0.1) is 0 Å². The van der Waals surface area contributed by atoms with Crippen molar-refractivity contribution in [3.63, 3.8) is 0 Å². The maximum atomic E-state index is 12.0. The van der Waals surface area contributed by atoms with Crippen molar-refractivity contribution in [3.8, 4) is 6.01 Å². The minimum Gasteiger partial charge on any atom is -0.466 e. The van der Waals surface area contributed by atoms with E-state index in [0.717, 1.165) is 5.56 Å². The zero-order valence-electron chi connectivity index (χ0n) is 11.2. The van der Waals surface area contributed by atoms with Crippen LogP contribution in [0.1, 0.15) is 17.9 Å². The van der Waals surface area contributed by atoms with Crippen molar-refractivity contribution in [2.24, 2.45) is 0 Å². The molecule has 1 amide bonds. The number of hydrogen-bond acceptors (Lipinski definition) is 4. The fraction of sp³-hybridized carbons (Fsp3) is 0.214. The van der Waals surface area contributed by atoms with E-state index in [1.807, 2.05) is 30.3 Å². The number of aromatic nitrogens is 3. The number of aromatic amines is 1. The number of amides is 1. The largest absolute Gasteiger partial charge is 0.466 e. The van der Waals surface area contributed by atoms with Gasteiger partial charge in [0.2, 0.25) is 11.9 Å². The first-order valence-electron chi connectivity index (χ1n) is 6.16. The molecule has 2 rings (SSSR count). The molecule has 0 unspecified atom stereocenters. The van der Waals surface area contributed by atoms with Gasteiger partial charge in [-0.05, 0) is 5.56 Å². The lowest BCUT2D eigenvalue weighted by molar-refractivity contribution is -0.116. The Balaban J connectivity index is 1.97. The molecule has 2 aromatic rings. The van der Waals surface area contributed by atoms with Gasteiger partial charge in [-0.25, -0.2) is 5.10 Å². The third kappa shape index (κ3) is 3.44. The van der Waals surface area contributed by atoms with Crippen LogP contribution in [0.15, 0.2) is 43.0 Å². The first kappa shape index (κ1) is 13.8. The number of allylic oxidation sites excluding steroid dienone is 1. The molecular formula is C14H16N4O2. The van der Waals surface area contributed by atoms with Crippen molar-refractivity contribution in [1.29, 1.82) is 0 Å². The minimum atomic E-state index is -0.169. The highest BCUT2D eigenvalue weighted by atomic mass is 16.5. The Kier molecular flexibility index (Phi) is 4.49. The molecule has 0 fully saturated rings. The zero-order chi connectivity index (χ0) is 14.4. The molecule has 1 aromatic heterocycles. The van der Waals surface area contributed by atoms with Crippen molar-refractivity contribution in [3.05, 3.63) is 48.6 Å². The summed E-state index contributed by atoms with van der Waals surface area (Å²) in [7, 11) is 1.46. The Hall–Kier alpha value is -2.63.